The summed E-state index contributed by atoms with van der Waals surface area (Å²) in [6.07, 6.45) is 2.74. The van der Waals surface area contributed by atoms with E-state index in [-0.39, 0.29) is 28.5 Å². The third-order valence-corrected chi connectivity index (χ3v) is 2.91. The second-order valence-corrected chi connectivity index (χ2v) is 4.53. The molecule has 6 nitrogen and oxygen atoms in total. The van der Waals surface area contributed by atoms with Gasteiger partial charge in [-0.05, 0) is 18.6 Å². The summed E-state index contributed by atoms with van der Waals surface area (Å²) >= 11 is 5.90. The summed E-state index contributed by atoms with van der Waals surface area (Å²) in [6.45, 7) is 2.16. The summed E-state index contributed by atoms with van der Waals surface area (Å²) in [6, 6.07) is 5.48. The first kappa shape index (κ1) is 16.7. The first-order chi connectivity index (χ1) is 9.99. The molecule has 1 aromatic carbocycles. The summed E-state index contributed by atoms with van der Waals surface area (Å²) < 4.78 is 4.92. The molecule has 0 heterocycles. The zero-order valence-corrected chi connectivity index (χ0v) is 12.1. The fourth-order valence-corrected chi connectivity index (χ4v) is 1.61. The number of nitro benzene ring substituents is 1. The molecule has 110 valence electrons. The molecule has 21 heavy (non-hydrogen) atoms. The summed E-state index contributed by atoms with van der Waals surface area (Å²) in [5, 5.41) is 19.9. The number of unbranched alkanes of at least 4 members (excludes halogenated alkanes) is 1. The van der Waals surface area contributed by atoms with E-state index in [1.165, 1.54) is 24.3 Å². The molecule has 0 atom stereocenters. The van der Waals surface area contributed by atoms with Crippen molar-refractivity contribution in [3.8, 4) is 6.07 Å². The maximum Gasteiger partial charge on any atom is 0.348 e. The topological polar surface area (TPSA) is 93.2 Å². The number of carbonyl (C=O) groups excluding carboxylic acids is 1. The van der Waals surface area contributed by atoms with E-state index in [1.54, 1.807) is 6.07 Å². The van der Waals surface area contributed by atoms with Crippen LogP contribution in [-0.2, 0) is 9.53 Å². The molecule has 0 aromatic heterocycles. The van der Waals surface area contributed by atoms with Gasteiger partial charge in [0.05, 0.1) is 11.5 Å². The molecule has 0 N–H and O–H groups in total. The van der Waals surface area contributed by atoms with Crippen LogP contribution in [0.5, 0.6) is 0 Å². The van der Waals surface area contributed by atoms with Crippen LogP contribution < -0.4 is 0 Å². The molecule has 0 aliphatic rings. The molecule has 7 heteroatoms. The van der Waals surface area contributed by atoms with Gasteiger partial charge in [-0.3, -0.25) is 10.1 Å². The van der Waals surface area contributed by atoms with Gasteiger partial charge in [-0.25, -0.2) is 4.79 Å². The summed E-state index contributed by atoms with van der Waals surface area (Å²) in [7, 11) is 0. The van der Waals surface area contributed by atoms with Crippen molar-refractivity contribution >= 4 is 29.3 Å². The van der Waals surface area contributed by atoms with Crippen molar-refractivity contribution < 1.29 is 14.5 Å². The van der Waals surface area contributed by atoms with Gasteiger partial charge in [-0.1, -0.05) is 24.9 Å². The minimum absolute atomic E-state index is 0.178. The number of nitriles is 1. The van der Waals surface area contributed by atoms with Crippen molar-refractivity contribution in [1.29, 1.82) is 5.26 Å². The van der Waals surface area contributed by atoms with Crippen molar-refractivity contribution in [3.63, 3.8) is 0 Å². The fraction of sp³-hybridized carbons (Fsp3) is 0.286. The van der Waals surface area contributed by atoms with Gasteiger partial charge >= 0.3 is 5.97 Å². The lowest BCUT2D eigenvalue weighted by Gasteiger charge is -2.03. The van der Waals surface area contributed by atoms with Gasteiger partial charge in [-0.2, -0.15) is 5.26 Å². The second-order valence-electron chi connectivity index (χ2n) is 4.12. The molecule has 1 aromatic rings. The highest BCUT2D eigenvalue weighted by Crippen LogP contribution is 2.24. The van der Waals surface area contributed by atoms with E-state index < -0.39 is 10.9 Å². The molecule has 0 unspecified atom stereocenters. The van der Waals surface area contributed by atoms with Crippen molar-refractivity contribution in [2.24, 2.45) is 0 Å². The predicted octanol–water partition coefficient (Wildman–Crippen LogP) is 3.50. The van der Waals surface area contributed by atoms with Crippen LogP contribution >= 0.6 is 11.6 Å². The molecule has 0 aliphatic heterocycles. The van der Waals surface area contributed by atoms with Crippen molar-refractivity contribution in [2.45, 2.75) is 19.8 Å². The number of nitro groups is 1. The molecule has 0 amide bonds. The van der Waals surface area contributed by atoms with E-state index in [2.05, 4.69) is 0 Å². The van der Waals surface area contributed by atoms with Crippen LogP contribution in [0.3, 0.4) is 0 Å². The second kappa shape index (κ2) is 8.02. The Hall–Kier alpha value is -2.39. The fourth-order valence-electron chi connectivity index (χ4n) is 1.43. The van der Waals surface area contributed by atoms with Crippen LogP contribution in [0.1, 0.15) is 25.3 Å². The first-order valence-electron chi connectivity index (χ1n) is 6.22. The number of carbonyl (C=O) groups is 1. The summed E-state index contributed by atoms with van der Waals surface area (Å²) in [5.41, 5.74) is -0.217. The van der Waals surface area contributed by atoms with E-state index in [9.17, 15) is 14.9 Å². The third-order valence-electron chi connectivity index (χ3n) is 2.56. The number of hydrogen-bond donors (Lipinski definition) is 0. The SMILES string of the molecule is CCCCOC(=O)/C(C#N)=C/c1cc([N+](=O)[O-])ccc1Cl. The zero-order valence-electron chi connectivity index (χ0n) is 11.3. The van der Waals surface area contributed by atoms with Crippen LogP contribution in [0.25, 0.3) is 6.08 Å². The molecular formula is C14H13ClN2O4. The maximum atomic E-state index is 11.7. The lowest BCUT2D eigenvalue weighted by Crippen LogP contribution is -2.07. The number of halogens is 1. The highest BCUT2D eigenvalue weighted by molar-refractivity contribution is 6.32. The minimum Gasteiger partial charge on any atom is -0.462 e. The van der Waals surface area contributed by atoms with Crippen molar-refractivity contribution in [3.05, 3.63) is 44.5 Å². The molecule has 0 aliphatic carbocycles. The lowest BCUT2D eigenvalue weighted by atomic mass is 10.1. The van der Waals surface area contributed by atoms with Crippen LogP contribution in [0.4, 0.5) is 5.69 Å². The van der Waals surface area contributed by atoms with Crippen molar-refractivity contribution in [2.75, 3.05) is 6.61 Å². The quantitative estimate of drug-likeness (QED) is 0.200. The van der Waals surface area contributed by atoms with Crippen LogP contribution in [0, 0.1) is 21.4 Å². The predicted molar refractivity (Wildman–Crippen MR) is 77.6 cm³/mol. The van der Waals surface area contributed by atoms with Gasteiger partial charge in [0.2, 0.25) is 0 Å². The monoisotopic (exact) mass is 308 g/mol. The average Bonchev–Trinajstić information content (AvgIpc) is 2.46. The number of non-ortho nitro benzene ring substituents is 1. The first-order valence-corrected chi connectivity index (χ1v) is 6.60. The number of benzene rings is 1. The molecule has 0 saturated heterocycles. The van der Waals surface area contributed by atoms with E-state index in [1.807, 2.05) is 6.92 Å². The number of esters is 1. The smallest absolute Gasteiger partial charge is 0.348 e. The highest BCUT2D eigenvalue weighted by Gasteiger charge is 2.14. The summed E-state index contributed by atoms with van der Waals surface area (Å²) in [4.78, 5) is 21.8. The average molecular weight is 309 g/mol. The van der Waals surface area contributed by atoms with Crippen LogP contribution in [0.15, 0.2) is 23.8 Å². The normalized spacial score (nSPS) is 10.8. The number of nitrogens with zero attached hydrogens (tertiary/aromatic N) is 2. The Morgan fingerprint density at radius 1 is 1.57 bits per heavy atom. The third kappa shape index (κ3) is 4.89. The summed E-state index contributed by atoms with van der Waals surface area (Å²) in [5.74, 6) is -0.770. The van der Waals surface area contributed by atoms with Gasteiger partial charge in [-0.15, -0.1) is 0 Å². The number of hydrogen-bond acceptors (Lipinski definition) is 5. The van der Waals surface area contributed by atoms with Gasteiger partial charge in [0.1, 0.15) is 11.6 Å². The Morgan fingerprint density at radius 3 is 2.86 bits per heavy atom. The van der Waals surface area contributed by atoms with Gasteiger partial charge in [0, 0.05) is 22.7 Å². The molecule has 1 rings (SSSR count). The highest BCUT2D eigenvalue weighted by atomic mass is 35.5. The van der Waals surface area contributed by atoms with E-state index >= 15 is 0 Å². The number of rotatable bonds is 6. The molecule has 0 bridgehead atoms. The Balaban J connectivity index is 3.03. The zero-order chi connectivity index (χ0) is 15.8. The molecule has 0 spiro atoms. The van der Waals surface area contributed by atoms with Gasteiger partial charge < -0.3 is 4.74 Å². The minimum atomic E-state index is -0.770. The van der Waals surface area contributed by atoms with E-state index in [0.29, 0.717) is 6.42 Å². The standard InChI is InChI=1S/C14H13ClN2O4/c1-2-3-6-21-14(18)11(9-16)7-10-8-12(17(19)20)4-5-13(10)15/h4-5,7-8H,2-3,6H2,1H3/b11-7+. The van der Waals surface area contributed by atoms with Gasteiger partial charge in [0.15, 0.2) is 0 Å². The molecule has 0 saturated carbocycles. The lowest BCUT2D eigenvalue weighted by molar-refractivity contribution is -0.384. The van der Waals surface area contributed by atoms with E-state index in [0.717, 1.165) is 6.42 Å². The maximum absolute atomic E-state index is 11.7. The van der Waals surface area contributed by atoms with Crippen LogP contribution in [0.2, 0.25) is 5.02 Å². The Kier molecular flexibility index (Phi) is 6.37. The Morgan fingerprint density at radius 2 is 2.29 bits per heavy atom. The Bertz CT molecular complexity index is 620. The molecular weight excluding hydrogens is 296 g/mol. The Labute approximate surface area is 126 Å². The molecule has 0 fully saturated rings. The number of ether oxygens (including phenoxy) is 1. The van der Waals surface area contributed by atoms with Crippen molar-refractivity contribution in [1.82, 2.24) is 0 Å². The largest absolute Gasteiger partial charge is 0.462 e. The van der Waals surface area contributed by atoms with Gasteiger partial charge in [0.25, 0.3) is 5.69 Å². The molecule has 0 radical (unpaired) electrons. The van der Waals surface area contributed by atoms with Crippen LogP contribution in [-0.4, -0.2) is 17.5 Å². The van der Waals surface area contributed by atoms with E-state index in [4.69, 9.17) is 21.6 Å².